The lowest BCUT2D eigenvalue weighted by molar-refractivity contribution is -0.274. The summed E-state index contributed by atoms with van der Waals surface area (Å²) < 4.78 is 40.1. The van der Waals surface area contributed by atoms with E-state index in [-0.39, 0.29) is 5.75 Å². The van der Waals surface area contributed by atoms with Gasteiger partial charge in [-0.1, -0.05) is 6.07 Å². The van der Waals surface area contributed by atoms with Crippen LogP contribution in [0, 0.1) is 0 Å². The third-order valence-electron chi connectivity index (χ3n) is 2.39. The van der Waals surface area contributed by atoms with Crippen molar-refractivity contribution in [3.8, 4) is 5.75 Å². The second-order valence-corrected chi connectivity index (χ2v) is 4.66. The molecule has 6 heteroatoms. The Bertz CT molecular complexity index is 511. The highest BCUT2D eigenvalue weighted by Gasteiger charge is 2.31. The van der Waals surface area contributed by atoms with E-state index in [1.165, 1.54) is 23.8 Å². The molecule has 0 aliphatic heterocycles. The second kappa shape index (κ2) is 5.97. The average molecular weight is 287 g/mol. The molecule has 0 atom stereocenters. The Morgan fingerprint density at radius 1 is 1.21 bits per heavy atom. The van der Waals surface area contributed by atoms with Crippen molar-refractivity contribution >= 4 is 17.0 Å². The minimum atomic E-state index is -4.66. The Kier molecular flexibility index (Phi) is 4.31. The molecule has 0 radical (unpaired) electrons. The van der Waals surface area contributed by atoms with Gasteiger partial charge >= 0.3 is 6.36 Å². The maximum atomic E-state index is 12.1. The second-order valence-electron chi connectivity index (χ2n) is 3.88. The van der Waals surface area contributed by atoms with Gasteiger partial charge in [0.25, 0.3) is 0 Å². The van der Waals surface area contributed by atoms with E-state index in [0.29, 0.717) is 12.2 Å². The summed E-state index contributed by atoms with van der Waals surface area (Å²) in [6.07, 6.45) is -3.83. The summed E-state index contributed by atoms with van der Waals surface area (Å²) in [5, 5.41) is 7.11. The van der Waals surface area contributed by atoms with Crippen LogP contribution >= 0.6 is 11.3 Å². The first-order chi connectivity index (χ1) is 9.03. The van der Waals surface area contributed by atoms with Crippen LogP contribution < -0.4 is 10.1 Å². The normalized spacial score (nSPS) is 11.3. The summed E-state index contributed by atoms with van der Waals surface area (Å²) in [7, 11) is 0. The van der Waals surface area contributed by atoms with Crippen LogP contribution in [0.1, 0.15) is 5.56 Å². The third-order valence-corrected chi connectivity index (χ3v) is 3.12. The summed E-state index contributed by atoms with van der Waals surface area (Å²) in [5.74, 6) is -0.215. The molecule has 2 rings (SSSR count). The van der Waals surface area contributed by atoms with Gasteiger partial charge in [0.15, 0.2) is 0 Å². The first-order valence-corrected chi connectivity index (χ1v) is 6.58. The van der Waals surface area contributed by atoms with Crippen molar-refractivity contribution in [3.05, 3.63) is 46.7 Å². The summed E-state index contributed by atoms with van der Waals surface area (Å²) in [5.41, 5.74) is 1.82. The van der Waals surface area contributed by atoms with Crippen molar-refractivity contribution < 1.29 is 17.9 Å². The van der Waals surface area contributed by atoms with E-state index in [4.69, 9.17) is 0 Å². The maximum Gasteiger partial charge on any atom is 0.573 e. The predicted molar refractivity (Wildman–Crippen MR) is 69.6 cm³/mol. The molecule has 0 fully saturated rings. The number of hydrogen-bond acceptors (Lipinski definition) is 3. The molecule has 0 amide bonds. The number of halogens is 3. The number of anilines is 1. The zero-order chi connectivity index (χ0) is 13.7. The largest absolute Gasteiger partial charge is 0.573 e. The van der Waals surface area contributed by atoms with Crippen LogP contribution in [0.4, 0.5) is 18.9 Å². The van der Waals surface area contributed by atoms with Gasteiger partial charge in [-0.2, -0.15) is 11.3 Å². The van der Waals surface area contributed by atoms with E-state index in [2.05, 4.69) is 10.1 Å². The highest BCUT2D eigenvalue weighted by atomic mass is 32.1. The Morgan fingerprint density at radius 3 is 2.74 bits per heavy atom. The molecule has 19 heavy (non-hydrogen) atoms. The van der Waals surface area contributed by atoms with Crippen molar-refractivity contribution in [3.63, 3.8) is 0 Å². The monoisotopic (exact) mass is 287 g/mol. The molecule has 0 bridgehead atoms. The lowest BCUT2D eigenvalue weighted by Crippen LogP contribution is -2.17. The molecule has 0 saturated carbocycles. The number of alkyl halides is 3. The summed E-state index contributed by atoms with van der Waals surface area (Å²) >= 11 is 1.62. The van der Waals surface area contributed by atoms with Crippen molar-refractivity contribution in [2.45, 2.75) is 12.8 Å². The van der Waals surface area contributed by atoms with Gasteiger partial charge in [0.05, 0.1) is 0 Å². The number of hydrogen-bond donors (Lipinski definition) is 1. The molecule has 2 nitrogen and oxygen atoms in total. The standard InChI is InChI=1S/C13H12F3NOS/c14-13(15,16)18-12-3-1-2-11(8-12)17-6-4-10-5-7-19-9-10/h1-3,5,7-9,17H,4,6H2. The fourth-order valence-corrected chi connectivity index (χ4v) is 2.29. The number of benzene rings is 1. The molecule has 0 aliphatic carbocycles. The molecule has 102 valence electrons. The summed E-state index contributed by atoms with van der Waals surface area (Å²) in [4.78, 5) is 0. The third kappa shape index (κ3) is 4.82. The van der Waals surface area contributed by atoms with Crippen LogP contribution in [0.2, 0.25) is 0 Å². The van der Waals surface area contributed by atoms with E-state index in [9.17, 15) is 13.2 Å². The maximum absolute atomic E-state index is 12.1. The molecule has 1 heterocycles. The molecule has 1 aromatic heterocycles. The van der Waals surface area contributed by atoms with Crippen molar-refractivity contribution in [1.82, 2.24) is 0 Å². The minimum Gasteiger partial charge on any atom is -0.406 e. The Morgan fingerprint density at radius 2 is 2.05 bits per heavy atom. The smallest absolute Gasteiger partial charge is 0.406 e. The highest BCUT2D eigenvalue weighted by molar-refractivity contribution is 7.07. The van der Waals surface area contributed by atoms with Crippen LogP contribution in [0.15, 0.2) is 41.1 Å². The Balaban J connectivity index is 1.88. The molecule has 0 unspecified atom stereocenters. The molecule has 2 aromatic rings. The minimum absolute atomic E-state index is 0.215. The Hall–Kier alpha value is -1.69. The molecule has 1 N–H and O–H groups in total. The van der Waals surface area contributed by atoms with E-state index < -0.39 is 6.36 Å². The van der Waals surface area contributed by atoms with Gasteiger partial charge in [-0.3, -0.25) is 0 Å². The van der Waals surface area contributed by atoms with Gasteiger partial charge < -0.3 is 10.1 Å². The number of rotatable bonds is 5. The topological polar surface area (TPSA) is 21.3 Å². The van der Waals surface area contributed by atoms with E-state index in [0.717, 1.165) is 6.42 Å². The van der Waals surface area contributed by atoms with Gasteiger partial charge in [0, 0.05) is 18.3 Å². The van der Waals surface area contributed by atoms with Gasteiger partial charge in [0.1, 0.15) is 5.75 Å². The van der Waals surface area contributed by atoms with Crippen LogP contribution in [0.3, 0.4) is 0 Å². The first kappa shape index (κ1) is 13.7. The summed E-state index contributed by atoms with van der Waals surface area (Å²) in [6.45, 7) is 0.659. The van der Waals surface area contributed by atoms with E-state index >= 15 is 0 Å². The molecule has 0 spiro atoms. The Labute approximate surface area is 112 Å². The van der Waals surface area contributed by atoms with Crippen molar-refractivity contribution in [1.29, 1.82) is 0 Å². The van der Waals surface area contributed by atoms with Crippen LogP contribution in [0.25, 0.3) is 0 Å². The first-order valence-electron chi connectivity index (χ1n) is 5.64. The SMILES string of the molecule is FC(F)(F)Oc1cccc(NCCc2ccsc2)c1. The quantitative estimate of drug-likeness (QED) is 0.885. The van der Waals surface area contributed by atoms with Crippen LogP contribution in [-0.2, 0) is 6.42 Å². The summed E-state index contributed by atoms with van der Waals surface area (Å²) in [6, 6.07) is 7.86. The molecule has 0 saturated heterocycles. The van der Waals surface area contributed by atoms with Gasteiger partial charge in [-0.15, -0.1) is 13.2 Å². The predicted octanol–water partition coefficient (Wildman–Crippen LogP) is 4.30. The van der Waals surface area contributed by atoms with E-state index in [1.807, 2.05) is 16.8 Å². The van der Waals surface area contributed by atoms with Gasteiger partial charge in [-0.05, 0) is 40.9 Å². The van der Waals surface area contributed by atoms with Gasteiger partial charge in [0.2, 0.25) is 0 Å². The molecule has 0 aliphatic rings. The molecular formula is C13H12F3NOS. The average Bonchev–Trinajstić information content (AvgIpc) is 2.80. The fraction of sp³-hybridized carbons (Fsp3) is 0.231. The molecule has 1 aromatic carbocycles. The fourth-order valence-electron chi connectivity index (χ4n) is 1.59. The van der Waals surface area contributed by atoms with Gasteiger partial charge in [-0.25, -0.2) is 0 Å². The zero-order valence-electron chi connectivity index (χ0n) is 9.91. The van der Waals surface area contributed by atoms with Crippen LogP contribution in [0.5, 0.6) is 5.75 Å². The van der Waals surface area contributed by atoms with Crippen LogP contribution in [-0.4, -0.2) is 12.9 Å². The number of nitrogens with one attached hydrogen (secondary N) is 1. The zero-order valence-corrected chi connectivity index (χ0v) is 10.7. The van der Waals surface area contributed by atoms with Crippen molar-refractivity contribution in [2.75, 3.05) is 11.9 Å². The van der Waals surface area contributed by atoms with E-state index in [1.54, 1.807) is 17.4 Å². The van der Waals surface area contributed by atoms with Crippen molar-refractivity contribution in [2.24, 2.45) is 0 Å². The lowest BCUT2D eigenvalue weighted by Gasteiger charge is -2.11. The lowest BCUT2D eigenvalue weighted by atomic mass is 10.2. The highest BCUT2D eigenvalue weighted by Crippen LogP contribution is 2.25. The number of ether oxygens (including phenoxy) is 1. The number of thiophene rings is 1. The molecular weight excluding hydrogens is 275 g/mol.